The summed E-state index contributed by atoms with van der Waals surface area (Å²) in [5.74, 6) is -7.18. The van der Waals surface area contributed by atoms with E-state index in [2.05, 4.69) is 14.7 Å². The summed E-state index contributed by atoms with van der Waals surface area (Å²) in [5, 5.41) is 38.8. The zero-order valence-corrected chi connectivity index (χ0v) is 16.9. The molecule has 0 bridgehead atoms. The van der Waals surface area contributed by atoms with Gasteiger partial charge in [-0.25, -0.2) is 4.39 Å². The highest BCUT2D eigenvalue weighted by molar-refractivity contribution is 8.00. The van der Waals surface area contributed by atoms with Crippen molar-refractivity contribution in [1.29, 1.82) is 0 Å². The minimum atomic E-state index is -5.13. The maximum atomic E-state index is 14.5. The monoisotopic (exact) mass is 515 g/mol. The Labute approximate surface area is 186 Å². The summed E-state index contributed by atoms with van der Waals surface area (Å²) in [6, 6.07) is 2.67. The van der Waals surface area contributed by atoms with Crippen molar-refractivity contribution in [2.75, 3.05) is 0 Å². The van der Waals surface area contributed by atoms with Gasteiger partial charge in [-0.3, -0.25) is 10.1 Å². The molecule has 9 nitrogen and oxygen atoms in total. The molecule has 0 aliphatic heterocycles. The van der Waals surface area contributed by atoms with Crippen LogP contribution in [0.5, 0.6) is 17.2 Å². The summed E-state index contributed by atoms with van der Waals surface area (Å²) in [5.41, 5.74) is -7.64. The molecule has 1 aromatic heterocycles. The summed E-state index contributed by atoms with van der Waals surface area (Å²) in [4.78, 5) is 11.4. The fraction of sp³-hybridized carbons (Fsp3) is 0.125. The predicted molar refractivity (Wildman–Crippen MR) is 99.4 cm³/mol. The quantitative estimate of drug-likeness (QED) is 0.129. The Morgan fingerprint density at radius 1 is 1.03 bits per heavy atom. The lowest BCUT2D eigenvalue weighted by molar-refractivity contribution is -0.388. The van der Waals surface area contributed by atoms with Crippen LogP contribution >= 0.6 is 23.5 Å². The standard InChI is InChI=1S/C16H7F6N3O6S2/c17-7-2-1-5(3-8(7)26)32-15(18,19)14-23-13(31-24-14)6-4-9(27)11(28)10(25(29)30)12(6)33-16(20,21)22/h1-4,26-28H. The van der Waals surface area contributed by atoms with Crippen LogP contribution in [0.15, 0.2) is 38.6 Å². The summed E-state index contributed by atoms with van der Waals surface area (Å²) in [6.45, 7) is 0. The maximum Gasteiger partial charge on any atom is 0.446 e. The highest BCUT2D eigenvalue weighted by Crippen LogP contribution is 2.52. The van der Waals surface area contributed by atoms with Gasteiger partial charge < -0.3 is 19.8 Å². The second-order valence-corrected chi connectivity index (χ2v) is 8.19. The number of phenols is 3. The molecule has 17 heteroatoms. The topological polar surface area (TPSA) is 143 Å². The second-order valence-electron chi connectivity index (χ2n) is 5.93. The van der Waals surface area contributed by atoms with E-state index in [-0.39, 0.29) is 16.7 Å². The Bertz CT molecular complexity index is 1240. The molecule has 0 aliphatic rings. The molecule has 176 valence electrons. The third-order valence-electron chi connectivity index (χ3n) is 3.69. The van der Waals surface area contributed by atoms with E-state index in [9.17, 15) is 51.8 Å². The average Bonchev–Trinajstić information content (AvgIpc) is 3.17. The molecule has 2 aromatic carbocycles. The van der Waals surface area contributed by atoms with Gasteiger partial charge in [0, 0.05) is 4.90 Å². The Morgan fingerprint density at radius 3 is 2.27 bits per heavy atom. The van der Waals surface area contributed by atoms with Crippen LogP contribution in [0.25, 0.3) is 11.5 Å². The van der Waals surface area contributed by atoms with Gasteiger partial charge in [0.05, 0.1) is 10.5 Å². The molecule has 0 atom stereocenters. The molecule has 3 rings (SSSR count). The van der Waals surface area contributed by atoms with Gasteiger partial charge in [-0.2, -0.15) is 26.9 Å². The Morgan fingerprint density at radius 2 is 1.70 bits per heavy atom. The van der Waals surface area contributed by atoms with Crippen LogP contribution in [-0.4, -0.2) is 35.9 Å². The molecule has 3 N–H and O–H groups in total. The van der Waals surface area contributed by atoms with E-state index in [4.69, 9.17) is 0 Å². The summed E-state index contributed by atoms with van der Waals surface area (Å²) in [6.07, 6.45) is 0. The van der Waals surface area contributed by atoms with E-state index in [1.54, 1.807) is 0 Å². The number of aromatic nitrogens is 2. The minimum Gasteiger partial charge on any atom is -0.505 e. The highest BCUT2D eigenvalue weighted by atomic mass is 32.2. The van der Waals surface area contributed by atoms with E-state index >= 15 is 0 Å². The Kier molecular flexibility index (Phi) is 6.29. The van der Waals surface area contributed by atoms with Gasteiger partial charge in [0.25, 0.3) is 11.7 Å². The molecular formula is C16H7F6N3O6S2. The Balaban J connectivity index is 2.07. The van der Waals surface area contributed by atoms with Crippen molar-refractivity contribution in [3.63, 3.8) is 0 Å². The molecule has 0 spiro atoms. The molecule has 0 unspecified atom stereocenters. The number of aromatic hydroxyl groups is 3. The van der Waals surface area contributed by atoms with Gasteiger partial charge in [0.15, 0.2) is 17.3 Å². The first kappa shape index (κ1) is 24.3. The number of nitro benzene ring substituents is 1. The van der Waals surface area contributed by atoms with Gasteiger partial charge in [0.2, 0.25) is 5.75 Å². The van der Waals surface area contributed by atoms with Crippen LogP contribution in [0.1, 0.15) is 5.82 Å². The van der Waals surface area contributed by atoms with E-state index in [0.29, 0.717) is 18.2 Å². The molecular weight excluding hydrogens is 508 g/mol. The number of nitro groups is 1. The Hall–Kier alpha value is -3.34. The summed E-state index contributed by atoms with van der Waals surface area (Å²) in [7, 11) is 0. The largest absolute Gasteiger partial charge is 0.505 e. The van der Waals surface area contributed by atoms with Gasteiger partial charge >= 0.3 is 16.5 Å². The molecule has 0 saturated carbocycles. The number of hydrogen-bond donors (Lipinski definition) is 3. The number of rotatable bonds is 6. The number of thioether (sulfide) groups is 2. The van der Waals surface area contributed by atoms with Crippen LogP contribution in [-0.2, 0) is 5.25 Å². The summed E-state index contributed by atoms with van der Waals surface area (Å²) < 4.78 is 85.6. The second kappa shape index (κ2) is 8.54. The number of phenolic OH excluding ortho intramolecular Hbond substituents is 3. The van der Waals surface area contributed by atoms with Crippen molar-refractivity contribution < 1.29 is 51.1 Å². The van der Waals surface area contributed by atoms with E-state index in [1.807, 2.05) is 0 Å². The smallest absolute Gasteiger partial charge is 0.446 e. The van der Waals surface area contributed by atoms with Crippen LogP contribution in [0.2, 0.25) is 0 Å². The third-order valence-corrected chi connectivity index (χ3v) is 5.47. The molecule has 0 saturated heterocycles. The zero-order chi connectivity index (χ0) is 24.7. The number of benzene rings is 2. The molecule has 0 fully saturated rings. The van der Waals surface area contributed by atoms with Crippen molar-refractivity contribution in [3.8, 4) is 28.7 Å². The van der Waals surface area contributed by atoms with Crippen LogP contribution < -0.4 is 0 Å². The van der Waals surface area contributed by atoms with Gasteiger partial charge in [-0.1, -0.05) is 5.16 Å². The molecule has 0 aliphatic carbocycles. The zero-order valence-electron chi connectivity index (χ0n) is 15.3. The predicted octanol–water partition coefficient (Wildman–Crippen LogP) is 5.35. The lowest BCUT2D eigenvalue weighted by atomic mass is 10.1. The van der Waals surface area contributed by atoms with Crippen LogP contribution in [0.4, 0.5) is 32.0 Å². The van der Waals surface area contributed by atoms with E-state index < -0.39 is 78.4 Å². The van der Waals surface area contributed by atoms with Crippen molar-refractivity contribution in [1.82, 2.24) is 10.1 Å². The first-order valence-electron chi connectivity index (χ1n) is 8.08. The van der Waals surface area contributed by atoms with Gasteiger partial charge in [-0.15, -0.1) is 0 Å². The molecule has 3 aromatic rings. The number of nitrogens with zero attached hydrogens (tertiary/aromatic N) is 3. The van der Waals surface area contributed by atoms with Crippen molar-refractivity contribution >= 4 is 29.2 Å². The van der Waals surface area contributed by atoms with Crippen molar-refractivity contribution in [2.45, 2.75) is 20.6 Å². The first-order valence-corrected chi connectivity index (χ1v) is 9.72. The van der Waals surface area contributed by atoms with Gasteiger partial charge in [-0.05, 0) is 47.8 Å². The minimum absolute atomic E-state index is 0.270. The molecule has 0 amide bonds. The van der Waals surface area contributed by atoms with E-state index in [0.717, 1.165) is 6.07 Å². The first-order chi connectivity index (χ1) is 15.2. The highest BCUT2D eigenvalue weighted by Gasteiger charge is 2.42. The SMILES string of the molecule is O=[N+]([O-])c1c(O)c(O)cc(-c2nc(C(F)(F)Sc3ccc(F)c(O)c3)no2)c1SC(F)(F)F. The maximum absolute atomic E-state index is 14.5. The number of halogens is 6. The van der Waals surface area contributed by atoms with E-state index in [1.165, 1.54) is 0 Å². The van der Waals surface area contributed by atoms with Crippen LogP contribution in [0.3, 0.4) is 0 Å². The number of hydrogen-bond acceptors (Lipinski definition) is 10. The van der Waals surface area contributed by atoms with Crippen LogP contribution in [0, 0.1) is 15.9 Å². The molecule has 0 radical (unpaired) electrons. The van der Waals surface area contributed by atoms with Crippen molar-refractivity contribution in [3.05, 3.63) is 46.0 Å². The summed E-state index contributed by atoms with van der Waals surface area (Å²) >= 11 is -1.34. The molecule has 1 heterocycles. The van der Waals surface area contributed by atoms with Gasteiger partial charge in [0.1, 0.15) is 4.90 Å². The fourth-order valence-electron chi connectivity index (χ4n) is 2.38. The third kappa shape index (κ3) is 5.19. The lowest BCUT2D eigenvalue weighted by Gasteiger charge is -2.12. The fourth-order valence-corrected chi connectivity index (χ4v) is 3.91. The number of alkyl halides is 5. The average molecular weight is 515 g/mol. The molecule has 33 heavy (non-hydrogen) atoms. The normalized spacial score (nSPS) is 12.2. The lowest BCUT2D eigenvalue weighted by Crippen LogP contribution is -2.10. The van der Waals surface area contributed by atoms with Crippen molar-refractivity contribution in [2.24, 2.45) is 0 Å².